The quantitative estimate of drug-likeness (QED) is 0.761. The van der Waals surface area contributed by atoms with Crippen LogP contribution in [0.3, 0.4) is 0 Å². The molecule has 1 aromatic rings. The molecule has 1 heterocycles. The average molecular weight is 374 g/mol. The van der Waals surface area contributed by atoms with Gasteiger partial charge in [-0.3, -0.25) is 9.59 Å². The molecule has 2 amide bonds. The van der Waals surface area contributed by atoms with Crippen molar-refractivity contribution in [2.24, 2.45) is 23.5 Å². The molecule has 2 N–H and O–H groups in total. The lowest BCUT2D eigenvalue weighted by atomic mass is 9.81. The third-order valence-electron chi connectivity index (χ3n) is 5.48. The molecule has 0 aliphatic carbocycles. The Balaban J connectivity index is 2.05. The van der Waals surface area contributed by atoms with Gasteiger partial charge < -0.3 is 15.5 Å². The van der Waals surface area contributed by atoms with Crippen molar-refractivity contribution in [1.29, 1.82) is 0 Å². The second-order valence-corrected chi connectivity index (χ2v) is 8.18. The molecule has 1 aliphatic heterocycles. The fraction of sp³-hybridized carbons (Fsp3) is 0.636. The minimum Gasteiger partial charge on any atom is -0.369 e. The van der Waals surface area contributed by atoms with Crippen molar-refractivity contribution in [2.75, 3.05) is 31.1 Å². The van der Waals surface area contributed by atoms with Crippen molar-refractivity contribution in [3.8, 4) is 0 Å². The summed E-state index contributed by atoms with van der Waals surface area (Å²) in [5.74, 6) is -0.543. The van der Waals surface area contributed by atoms with E-state index in [4.69, 9.17) is 5.73 Å². The van der Waals surface area contributed by atoms with Crippen LogP contribution in [0.1, 0.15) is 45.6 Å². The molecular weight excluding hydrogens is 338 g/mol. The van der Waals surface area contributed by atoms with Gasteiger partial charge in [0.25, 0.3) is 0 Å². The Bertz CT molecular complexity index is 619. The van der Waals surface area contributed by atoms with Gasteiger partial charge in [-0.05, 0) is 37.8 Å². The molecule has 0 bridgehead atoms. The number of piperazine rings is 1. The van der Waals surface area contributed by atoms with Gasteiger partial charge in [-0.1, -0.05) is 44.9 Å². The van der Waals surface area contributed by atoms with Crippen LogP contribution in [0, 0.1) is 24.7 Å². The molecule has 2 unspecified atom stereocenters. The molecule has 27 heavy (non-hydrogen) atoms. The maximum absolute atomic E-state index is 13.2. The van der Waals surface area contributed by atoms with Crippen molar-refractivity contribution in [3.63, 3.8) is 0 Å². The first-order valence-corrected chi connectivity index (χ1v) is 10.2. The summed E-state index contributed by atoms with van der Waals surface area (Å²) in [6.07, 6.45) is 2.25. The van der Waals surface area contributed by atoms with Gasteiger partial charge in [0.15, 0.2) is 0 Å². The van der Waals surface area contributed by atoms with Crippen LogP contribution < -0.4 is 10.6 Å². The van der Waals surface area contributed by atoms with Crippen LogP contribution >= 0.6 is 0 Å². The van der Waals surface area contributed by atoms with Gasteiger partial charge >= 0.3 is 0 Å². The summed E-state index contributed by atoms with van der Waals surface area (Å²) in [4.78, 5) is 29.5. The minimum atomic E-state index is -0.361. The van der Waals surface area contributed by atoms with Crippen molar-refractivity contribution in [1.82, 2.24) is 4.90 Å². The van der Waals surface area contributed by atoms with E-state index in [2.05, 4.69) is 49.9 Å². The van der Waals surface area contributed by atoms with E-state index in [0.29, 0.717) is 31.8 Å². The topological polar surface area (TPSA) is 66.6 Å². The second-order valence-electron chi connectivity index (χ2n) is 8.18. The summed E-state index contributed by atoms with van der Waals surface area (Å²) in [6.45, 7) is 11.3. The monoisotopic (exact) mass is 373 g/mol. The van der Waals surface area contributed by atoms with Crippen LogP contribution in [-0.4, -0.2) is 42.9 Å². The molecule has 0 saturated carbocycles. The number of nitrogens with two attached hydrogens (primary N) is 1. The number of carbonyl (C=O) groups excluding carboxylic acids is 2. The van der Waals surface area contributed by atoms with E-state index in [9.17, 15) is 9.59 Å². The summed E-state index contributed by atoms with van der Waals surface area (Å²) >= 11 is 0. The minimum absolute atomic E-state index is 0.101. The largest absolute Gasteiger partial charge is 0.369 e. The number of nitrogens with zero attached hydrogens (tertiary/aromatic N) is 2. The van der Waals surface area contributed by atoms with Crippen LogP contribution in [0.25, 0.3) is 0 Å². The van der Waals surface area contributed by atoms with Gasteiger partial charge in [0.2, 0.25) is 11.8 Å². The fourth-order valence-corrected chi connectivity index (χ4v) is 3.97. The van der Waals surface area contributed by atoms with Gasteiger partial charge in [0.05, 0.1) is 0 Å². The summed E-state index contributed by atoms with van der Waals surface area (Å²) < 4.78 is 0. The average Bonchev–Trinajstić information content (AvgIpc) is 2.64. The summed E-state index contributed by atoms with van der Waals surface area (Å²) in [7, 11) is 0. The van der Waals surface area contributed by atoms with Gasteiger partial charge in [0.1, 0.15) is 0 Å². The number of aryl methyl sites for hydroxylation is 1. The van der Waals surface area contributed by atoms with Crippen LogP contribution in [0.2, 0.25) is 0 Å². The van der Waals surface area contributed by atoms with Crippen LogP contribution in [0.15, 0.2) is 24.3 Å². The number of hydrogen-bond donors (Lipinski definition) is 1. The number of hydrogen-bond acceptors (Lipinski definition) is 3. The standard InChI is InChI=1S/C22H35N3O2/c1-5-6-19(21(23)26)20(15-16(2)3)22(27)25-13-11-24(12-14-25)18-9-7-17(4)8-10-18/h7-10,16,19-20H,5-6,11-15H2,1-4H3,(H2,23,26). The third-order valence-corrected chi connectivity index (χ3v) is 5.48. The maximum atomic E-state index is 13.2. The first-order valence-electron chi connectivity index (χ1n) is 10.2. The molecular formula is C22H35N3O2. The molecule has 2 atom stereocenters. The number of primary amides is 1. The van der Waals surface area contributed by atoms with Gasteiger partial charge in [-0.2, -0.15) is 0 Å². The Morgan fingerprint density at radius 3 is 2.11 bits per heavy atom. The number of benzene rings is 1. The molecule has 1 fully saturated rings. The van der Waals surface area contributed by atoms with Crippen molar-refractivity contribution in [3.05, 3.63) is 29.8 Å². The van der Waals surface area contributed by atoms with E-state index >= 15 is 0 Å². The van der Waals surface area contributed by atoms with Gasteiger partial charge in [-0.15, -0.1) is 0 Å². The molecule has 5 nitrogen and oxygen atoms in total. The Kier molecular flexibility index (Phi) is 7.69. The highest BCUT2D eigenvalue weighted by Gasteiger charge is 2.35. The molecule has 0 aromatic heterocycles. The van der Waals surface area contributed by atoms with Gasteiger partial charge in [0, 0.05) is 43.7 Å². The highest BCUT2D eigenvalue weighted by Crippen LogP contribution is 2.28. The SMILES string of the molecule is CCCC(C(N)=O)C(CC(C)C)C(=O)N1CCN(c2ccc(C)cc2)CC1. The summed E-state index contributed by atoms with van der Waals surface area (Å²) in [6, 6.07) is 8.51. The second kappa shape index (κ2) is 9.77. The lowest BCUT2D eigenvalue weighted by Gasteiger charge is -2.39. The lowest BCUT2D eigenvalue weighted by molar-refractivity contribution is -0.142. The predicted molar refractivity (Wildman–Crippen MR) is 111 cm³/mol. The fourth-order valence-electron chi connectivity index (χ4n) is 3.97. The maximum Gasteiger partial charge on any atom is 0.226 e. The molecule has 0 spiro atoms. The molecule has 150 valence electrons. The predicted octanol–water partition coefficient (Wildman–Crippen LogP) is 3.21. The molecule has 1 saturated heterocycles. The highest BCUT2D eigenvalue weighted by molar-refractivity contribution is 5.87. The van der Waals surface area contributed by atoms with E-state index < -0.39 is 0 Å². The zero-order valence-corrected chi connectivity index (χ0v) is 17.3. The summed E-state index contributed by atoms with van der Waals surface area (Å²) in [5.41, 5.74) is 8.11. The Labute approximate surface area is 163 Å². The molecule has 1 aliphatic rings. The normalized spacial score (nSPS) is 17.1. The van der Waals surface area contributed by atoms with Crippen molar-refractivity contribution < 1.29 is 9.59 Å². The van der Waals surface area contributed by atoms with Gasteiger partial charge in [-0.25, -0.2) is 0 Å². The smallest absolute Gasteiger partial charge is 0.226 e. The highest BCUT2D eigenvalue weighted by atomic mass is 16.2. The lowest BCUT2D eigenvalue weighted by Crippen LogP contribution is -2.52. The molecule has 5 heteroatoms. The van der Waals surface area contributed by atoms with E-state index in [-0.39, 0.29) is 23.7 Å². The van der Waals surface area contributed by atoms with E-state index in [1.807, 2.05) is 11.8 Å². The Morgan fingerprint density at radius 2 is 1.63 bits per heavy atom. The van der Waals surface area contributed by atoms with E-state index in [1.54, 1.807) is 0 Å². The first kappa shape index (κ1) is 21.3. The Morgan fingerprint density at radius 1 is 1.04 bits per heavy atom. The number of carbonyl (C=O) groups is 2. The Hall–Kier alpha value is -2.04. The molecule has 0 radical (unpaired) electrons. The third kappa shape index (κ3) is 5.72. The van der Waals surface area contributed by atoms with E-state index in [0.717, 1.165) is 19.5 Å². The number of rotatable bonds is 8. The van der Waals surface area contributed by atoms with E-state index in [1.165, 1.54) is 11.3 Å². The number of amides is 2. The molecule has 2 rings (SSSR count). The van der Waals surface area contributed by atoms with Crippen LogP contribution in [0.5, 0.6) is 0 Å². The first-order chi connectivity index (χ1) is 12.8. The van der Waals surface area contributed by atoms with Crippen molar-refractivity contribution in [2.45, 2.75) is 47.0 Å². The summed E-state index contributed by atoms with van der Waals surface area (Å²) in [5, 5.41) is 0. The van der Waals surface area contributed by atoms with Crippen LogP contribution in [0.4, 0.5) is 5.69 Å². The zero-order valence-electron chi connectivity index (χ0n) is 17.3. The van der Waals surface area contributed by atoms with Crippen LogP contribution in [-0.2, 0) is 9.59 Å². The molecule has 1 aromatic carbocycles. The number of anilines is 1. The van der Waals surface area contributed by atoms with Crippen molar-refractivity contribution >= 4 is 17.5 Å². The zero-order chi connectivity index (χ0) is 20.0.